The summed E-state index contributed by atoms with van der Waals surface area (Å²) in [5, 5.41) is 6.14. The predicted molar refractivity (Wildman–Crippen MR) is 147 cm³/mol. The Hall–Kier alpha value is -1.58. The lowest BCUT2D eigenvalue weighted by Crippen LogP contribution is -2.42. The van der Waals surface area contributed by atoms with Crippen molar-refractivity contribution in [1.82, 2.24) is 15.5 Å². The molecule has 1 saturated heterocycles. The molecule has 4 unspecified atom stereocenters. The summed E-state index contributed by atoms with van der Waals surface area (Å²) >= 11 is 0. The SMILES string of the molecule is CCCCOCC(CN1CC1C)OC(=O)NC1CCC(CC2CCC(NC(=O)OCC(C)OC)CC2)CC1. The third-order valence-electron chi connectivity index (χ3n) is 8.50. The number of nitrogens with zero attached hydrogens (tertiary/aromatic N) is 1. The van der Waals surface area contributed by atoms with Gasteiger partial charge < -0.3 is 29.6 Å². The fourth-order valence-electron chi connectivity index (χ4n) is 5.77. The fraction of sp³-hybridized carbons (Fsp3) is 0.931. The van der Waals surface area contributed by atoms with E-state index in [1.54, 1.807) is 7.11 Å². The van der Waals surface area contributed by atoms with Gasteiger partial charge in [-0.15, -0.1) is 0 Å². The quantitative estimate of drug-likeness (QED) is 0.226. The van der Waals surface area contributed by atoms with Crippen LogP contribution in [0.3, 0.4) is 0 Å². The van der Waals surface area contributed by atoms with Crippen molar-refractivity contribution in [2.45, 2.75) is 122 Å². The Bertz CT molecular complexity index is 694. The van der Waals surface area contributed by atoms with Crippen LogP contribution < -0.4 is 10.6 Å². The van der Waals surface area contributed by atoms with Crippen molar-refractivity contribution in [2.24, 2.45) is 11.8 Å². The Balaban J connectivity index is 1.28. The van der Waals surface area contributed by atoms with Crippen molar-refractivity contribution in [3.05, 3.63) is 0 Å². The molecule has 38 heavy (non-hydrogen) atoms. The molecule has 9 heteroatoms. The fourth-order valence-corrected chi connectivity index (χ4v) is 5.77. The van der Waals surface area contributed by atoms with E-state index in [9.17, 15) is 9.59 Å². The summed E-state index contributed by atoms with van der Waals surface area (Å²) in [5.74, 6) is 1.45. The summed E-state index contributed by atoms with van der Waals surface area (Å²) in [5.41, 5.74) is 0. The van der Waals surface area contributed by atoms with Gasteiger partial charge in [-0.1, -0.05) is 13.3 Å². The van der Waals surface area contributed by atoms with E-state index in [-0.39, 0.29) is 43.1 Å². The van der Waals surface area contributed by atoms with Crippen LogP contribution in [0.5, 0.6) is 0 Å². The van der Waals surface area contributed by atoms with Gasteiger partial charge in [0.2, 0.25) is 0 Å². The maximum absolute atomic E-state index is 12.6. The molecule has 220 valence electrons. The van der Waals surface area contributed by atoms with Crippen molar-refractivity contribution in [1.29, 1.82) is 0 Å². The van der Waals surface area contributed by atoms with Crippen molar-refractivity contribution >= 4 is 12.2 Å². The van der Waals surface area contributed by atoms with Gasteiger partial charge in [0.25, 0.3) is 0 Å². The average molecular weight is 540 g/mol. The van der Waals surface area contributed by atoms with E-state index in [1.165, 1.54) is 6.42 Å². The molecule has 1 heterocycles. The number of rotatable bonds is 15. The largest absolute Gasteiger partial charge is 0.447 e. The van der Waals surface area contributed by atoms with E-state index in [4.69, 9.17) is 18.9 Å². The highest BCUT2D eigenvalue weighted by molar-refractivity contribution is 5.68. The number of hydrogen-bond acceptors (Lipinski definition) is 7. The molecule has 4 atom stereocenters. The molecule has 0 aromatic heterocycles. The molecule has 0 aromatic rings. The van der Waals surface area contributed by atoms with E-state index >= 15 is 0 Å². The maximum atomic E-state index is 12.6. The number of alkyl carbamates (subject to hydrolysis) is 2. The molecule has 0 radical (unpaired) electrons. The van der Waals surface area contributed by atoms with Gasteiger partial charge in [-0.05, 0) is 89.9 Å². The molecule has 0 spiro atoms. The van der Waals surface area contributed by atoms with E-state index in [0.29, 0.717) is 12.6 Å². The summed E-state index contributed by atoms with van der Waals surface area (Å²) in [6.45, 7) is 9.50. The van der Waals surface area contributed by atoms with Gasteiger partial charge in [-0.2, -0.15) is 0 Å². The first-order valence-corrected chi connectivity index (χ1v) is 15.1. The topological polar surface area (TPSA) is 98.1 Å². The first kappa shape index (κ1) is 31.0. The minimum atomic E-state index is -0.336. The first-order valence-electron chi connectivity index (χ1n) is 15.1. The molecule has 2 aliphatic carbocycles. The number of carbonyl (C=O) groups is 2. The van der Waals surface area contributed by atoms with Crippen LogP contribution in [0.25, 0.3) is 0 Å². The van der Waals surface area contributed by atoms with E-state index in [2.05, 4.69) is 29.4 Å². The Labute approximate surface area is 230 Å². The summed E-state index contributed by atoms with van der Waals surface area (Å²) in [6.07, 6.45) is 11.1. The zero-order valence-electron chi connectivity index (χ0n) is 24.3. The van der Waals surface area contributed by atoms with Crippen LogP contribution in [0, 0.1) is 11.8 Å². The lowest BCUT2D eigenvalue weighted by molar-refractivity contribution is 0.0108. The summed E-state index contributed by atoms with van der Waals surface area (Å²) in [4.78, 5) is 26.9. The van der Waals surface area contributed by atoms with Crippen molar-refractivity contribution in [2.75, 3.05) is 40.0 Å². The Morgan fingerprint density at radius 3 is 2.03 bits per heavy atom. The van der Waals surface area contributed by atoms with Crippen molar-refractivity contribution in [3.63, 3.8) is 0 Å². The third kappa shape index (κ3) is 11.7. The molecule has 2 amide bonds. The molecule has 3 aliphatic rings. The zero-order valence-corrected chi connectivity index (χ0v) is 24.3. The van der Waals surface area contributed by atoms with Gasteiger partial charge >= 0.3 is 12.2 Å². The van der Waals surface area contributed by atoms with Crippen LogP contribution in [0.15, 0.2) is 0 Å². The van der Waals surface area contributed by atoms with Gasteiger partial charge in [-0.3, -0.25) is 4.90 Å². The minimum Gasteiger partial charge on any atom is -0.447 e. The predicted octanol–water partition coefficient (Wildman–Crippen LogP) is 4.87. The van der Waals surface area contributed by atoms with Crippen LogP contribution in [0.4, 0.5) is 9.59 Å². The molecule has 2 saturated carbocycles. The number of amides is 2. The second kappa shape index (κ2) is 16.5. The number of methoxy groups -OCH3 is 1. The summed E-state index contributed by atoms with van der Waals surface area (Å²) in [7, 11) is 1.61. The van der Waals surface area contributed by atoms with Crippen LogP contribution in [-0.4, -0.2) is 87.4 Å². The molecule has 1 aliphatic heterocycles. The van der Waals surface area contributed by atoms with E-state index in [1.807, 2.05) is 6.92 Å². The highest BCUT2D eigenvalue weighted by Gasteiger charge is 2.33. The van der Waals surface area contributed by atoms with Gasteiger partial charge in [0.05, 0.1) is 12.7 Å². The lowest BCUT2D eigenvalue weighted by Gasteiger charge is -2.34. The Kier molecular flexibility index (Phi) is 13.4. The monoisotopic (exact) mass is 539 g/mol. The van der Waals surface area contributed by atoms with Crippen molar-refractivity contribution in [3.8, 4) is 0 Å². The number of carbonyl (C=O) groups excluding carboxylic acids is 2. The average Bonchev–Trinajstić information content (AvgIpc) is 3.61. The number of hydrogen-bond donors (Lipinski definition) is 2. The normalized spacial score (nSPS) is 30.6. The summed E-state index contributed by atoms with van der Waals surface area (Å²) < 4.78 is 21.9. The van der Waals surface area contributed by atoms with Gasteiger partial charge in [0.1, 0.15) is 12.7 Å². The van der Waals surface area contributed by atoms with Gasteiger partial charge in [0, 0.05) is 44.9 Å². The van der Waals surface area contributed by atoms with Crippen molar-refractivity contribution < 1.29 is 28.5 Å². The smallest absolute Gasteiger partial charge is 0.407 e. The molecule has 0 bridgehead atoms. The van der Waals surface area contributed by atoms with Gasteiger partial charge in [-0.25, -0.2) is 9.59 Å². The second-order valence-electron chi connectivity index (χ2n) is 11.9. The molecule has 3 rings (SSSR count). The summed E-state index contributed by atoms with van der Waals surface area (Å²) in [6, 6.07) is 0.989. The third-order valence-corrected chi connectivity index (χ3v) is 8.50. The lowest BCUT2D eigenvalue weighted by atomic mass is 9.76. The van der Waals surface area contributed by atoms with Crippen LogP contribution in [0.1, 0.15) is 91.4 Å². The molecule has 0 aromatic carbocycles. The van der Waals surface area contributed by atoms with E-state index < -0.39 is 0 Å². The van der Waals surface area contributed by atoms with Crippen LogP contribution in [0.2, 0.25) is 0 Å². The second-order valence-corrected chi connectivity index (χ2v) is 11.9. The highest BCUT2D eigenvalue weighted by atomic mass is 16.6. The highest BCUT2D eigenvalue weighted by Crippen LogP contribution is 2.35. The standard InChI is InChI=1S/C29H53N3O6/c1-5-6-15-36-20-27(18-32-17-21(32)2)38-29(34)31-26-13-9-24(10-14-26)16-23-7-11-25(12-8-23)30-28(33)37-19-22(3)35-4/h21-27H,5-20H2,1-4H3,(H,30,33)(H,31,34). The molecular weight excluding hydrogens is 486 g/mol. The minimum absolute atomic E-state index is 0.0892. The Morgan fingerprint density at radius 2 is 1.50 bits per heavy atom. The first-order chi connectivity index (χ1) is 18.4. The van der Waals surface area contributed by atoms with Crippen LogP contribution in [-0.2, 0) is 18.9 Å². The zero-order chi connectivity index (χ0) is 27.3. The molecule has 9 nitrogen and oxygen atoms in total. The van der Waals surface area contributed by atoms with Crippen LogP contribution >= 0.6 is 0 Å². The maximum Gasteiger partial charge on any atom is 0.407 e. The van der Waals surface area contributed by atoms with E-state index in [0.717, 1.165) is 95.7 Å². The molecule has 2 N–H and O–H groups in total. The molecule has 3 fully saturated rings. The number of unbranched alkanes of at least 4 members (excludes halogenated alkanes) is 1. The number of nitrogens with one attached hydrogen (secondary N) is 2. The van der Waals surface area contributed by atoms with Gasteiger partial charge in [0.15, 0.2) is 0 Å². The number of ether oxygens (including phenoxy) is 4. The molecular formula is C29H53N3O6. The Morgan fingerprint density at radius 1 is 0.921 bits per heavy atom.